The second-order valence-corrected chi connectivity index (χ2v) is 9.00. The van der Waals surface area contributed by atoms with E-state index in [2.05, 4.69) is 53.4 Å². The quantitative estimate of drug-likeness (QED) is 0.774. The van der Waals surface area contributed by atoms with Crippen LogP contribution in [-0.4, -0.2) is 54.3 Å². The van der Waals surface area contributed by atoms with Gasteiger partial charge in [-0.3, -0.25) is 9.59 Å². The molecule has 5 nitrogen and oxygen atoms in total. The molecule has 2 aliphatic heterocycles. The Morgan fingerprint density at radius 3 is 1.97 bits per heavy atom. The van der Waals surface area contributed by atoms with Crippen molar-refractivity contribution in [1.82, 2.24) is 9.80 Å². The Morgan fingerprint density at radius 1 is 0.828 bits per heavy atom. The van der Waals surface area contributed by atoms with Gasteiger partial charge in [-0.2, -0.15) is 0 Å². The molecule has 3 aliphatic rings. The van der Waals surface area contributed by atoms with Crippen molar-refractivity contribution in [1.29, 1.82) is 0 Å². The van der Waals surface area contributed by atoms with Crippen molar-refractivity contribution in [3.05, 3.63) is 48.5 Å². The fourth-order valence-corrected chi connectivity index (χ4v) is 5.25. The van der Waals surface area contributed by atoms with Gasteiger partial charge in [-0.25, -0.2) is 0 Å². The molecule has 0 bridgehead atoms. The van der Waals surface area contributed by atoms with Gasteiger partial charge in [0.15, 0.2) is 0 Å². The summed E-state index contributed by atoms with van der Waals surface area (Å²) in [5.41, 5.74) is 2.34. The second kappa shape index (κ2) is 7.75. The van der Waals surface area contributed by atoms with Crippen LogP contribution in [0.3, 0.4) is 0 Å². The van der Waals surface area contributed by atoms with Crippen LogP contribution < -0.4 is 4.90 Å². The molecule has 0 spiro atoms. The second-order valence-electron chi connectivity index (χ2n) is 7.92. The van der Waals surface area contributed by atoms with E-state index in [-0.39, 0.29) is 17.7 Å². The van der Waals surface area contributed by atoms with Gasteiger partial charge in [0.2, 0.25) is 11.8 Å². The number of piperazine rings is 1. The van der Waals surface area contributed by atoms with Gasteiger partial charge in [0, 0.05) is 54.9 Å². The van der Waals surface area contributed by atoms with Crippen LogP contribution in [0.25, 0.3) is 0 Å². The molecule has 6 heteroatoms. The van der Waals surface area contributed by atoms with Crippen molar-refractivity contribution in [2.24, 2.45) is 5.92 Å². The fourth-order valence-electron chi connectivity index (χ4n) is 4.15. The smallest absolute Gasteiger partial charge is 0.225 e. The van der Waals surface area contributed by atoms with Crippen LogP contribution in [0.4, 0.5) is 11.4 Å². The molecular weight excluding hydrogens is 382 g/mol. The van der Waals surface area contributed by atoms with E-state index in [1.54, 1.807) is 11.8 Å². The molecule has 2 amide bonds. The van der Waals surface area contributed by atoms with E-state index in [4.69, 9.17) is 0 Å². The summed E-state index contributed by atoms with van der Waals surface area (Å²) in [4.78, 5) is 33.7. The number of amides is 2. The van der Waals surface area contributed by atoms with Crippen LogP contribution in [0, 0.1) is 5.92 Å². The van der Waals surface area contributed by atoms with E-state index in [0.29, 0.717) is 39.1 Å². The minimum atomic E-state index is 0.178. The van der Waals surface area contributed by atoms with E-state index in [1.807, 2.05) is 9.80 Å². The van der Waals surface area contributed by atoms with Gasteiger partial charge in [-0.1, -0.05) is 36.0 Å². The molecule has 0 aromatic heterocycles. The van der Waals surface area contributed by atoms with Crippen molar-refractivity contribution >= 4 is 35.0 Å². The van der Waals surface area contributed by atoms with Crippen LogP contribution in [0.5, 0.6) is 0 Å². The molecular formula is C23H25N3O2S. The van der Waals surface area contributed by atoms with E-state index < -0.39 is 0 Å². The van der Waals surface area contributed by atoms with Gasteiger partial charge in [0.05, 0.1) is 11.4 Å². The third-order valence-electron chi connectivity index (χ3n) is 5.95. The van der Waals surface area contributed by atoms with Crippen LogP contribution in [-0.2, 0) is 9.59 Å². The van der Waals surface area contributed by atoms with E-state index in [0.717, 1.165) is 12.8 Å². The van der Waals surface area contributed by atoms with Crippen molar-refractivity contribution in [2.75, 3.05) is 37.6 Å². The summed E-state index contributed by atoms with van der Waals surface area (Å²) in [7, 11) is 0. The first-order chi connectivity index (χ1) is 14.2. The predicted molar refractivity (Wildman–Crippen MR) is 115 cm³/mol. The molecule has 29 heavy (non-hydrogen) atoms. The fraction of sp³-hybridized carbons (Fsp3) is 0.391. The number of nitrogens with zero attached hydrogens (tertiary/aromatic N) is 3. The van der Waals surface area contributed by atoms with Crippen molar-refractivity contribution in [2.45, 2.75) is 29.1 Å². The van der Waals surface area contributed by atoms with E-state index in [9.17, 15) is 9.59 Å². The number of rotatable bonds is 4. The number of benzene rings is 2. The Morgan fingerprint density at radius 2 is 1.38 bits per heavy atom. The number of carbonyl (C=O) groups is 2. The maximum Gasteiger partial charge on any atom is 0.225 e. The van der Waals surface area contributed by atoms with Gasteiger partial charge >= 0.3 is 0 Å². The highest BCUT2D eigenvalue weighted by Crippen LogP contribution is 2.47. The van der Waals surface area contributed by atoms with Crippen LogP contribution in [0.15, 0.2) is 58.3 Å². The molecule has 2 aromatic rings. The minimum Gasteiger partial charge on any atom is -0.339 e. The number of carbonyl (C=O) groups excluding carboxylic acids is 2. The zero-order valence-corrected chi connectivity index (χ0v) is 17.2. The molecule has 150 valence electrons. The van der Waals surface area contributed by atoms with E-state index in [1.165, 1.54) is 21.2 Å². The number of hydrogen-bond donors (Lipinski definition) is 0. The monoisotopic (exact) mass is 407 g/mol. The van der Waals surface area contributed by atoms with Crippen molar-refractivity contribution < 1.29 is 9.59 Å². The summed E-state index contributed by atoms with van der Waals surface area (Å²) < 4.78 is 0. The molecule has 1 saturated carbocycles. The Labute approximate surface area is 175 Å². The first kappa shape index (κ1) is 18.6. The topological polar surface area (TPSA) is 43.9 Å². The molecule has 2 heterocycles. The molecule has 0 N–H and O–H groups in total. The molecule has 2 fully saturated rings. The highest BCUT2D eigenvalue weighted by molar-refractivity contribution is 7.99. The van der Waals surface area contributed by atoms with Gasteiger partial charge in [0.1, 0.15) is 0 Å². The zero-order chi connectivity index (χ0) is 19.8. The lowest BCUT2D eigenvalue weighted by Gasteiger charge is -2.36. The zero-order valence-electron chi connectivity index (χ0n) is 16.4. The minimum absolute atomic E-state index is 0.178. The van der Waals surface area contributed by atoms with Crippen LogP contribution in [0.2, 0.25) is 0 Å². The summed E-state index contributed by atoms with van der Waals surface area (Å²) >= 11 is 1.78. The number of hydrogen-bond acceptors (Lipinski definition) is 4. The van der Waals surface area contributed by atoms with Crippen LogP contribution >= 0.6 is 11.8 Å². The third-order valence-corrected chi connectivity index (χ3v) is 7.08. The average Bonchev–Trinajstić information content (AvgIpc) is 3.61. The molecule has 0 unspecified atom stereocenters. The van der Waals surface area contributed by atoms with Gasteiger partial charge in [-0.15, -0.1) is 0 Å². The Kier molecular flexibility index (Phi) is 4.96. The number of anilines is 2. The summed E-state index contributed by atoms with van der Waals surface area (Å²) in [6, 6.07) is 16.8. The lowest BCUT2D eigenvalue weighted by Crippen LogP contribution is -2.51. The van der Waals surface area contributed by atoms with Crippen molar-refractivity contribution in [3.8, 4) is 0 Å². The molecule has 5 rings (SSSR count). The molecule has 1 aliphatic carbocycles. The summed E-state index contributed by atoms with van der Waals surface area (Å²) in [5.74, 6) is 0.724. The Hall–Kier alpha value is -2.47. The summed E-state index contributed by atoms with van der Waals surface area (Å²) in [6.45, 7) is 3.31. The standard InChI is InChI=1S/C23H25N3O2S/c27-22(24-13-15-25(16-14-24)23(28)17-9-10-17)11-12-26-18-5-1-3-7-20(18)29-21-8-4-2-6-19(21)26/h1-8,17H,9-16H2. The van der Waals surface area contributed by atoms with Gasteiger partial charge in [-0.05, 0) is 37.1 Å². The van der Waals surface area contributed by atoms with Crippen LogP contribution in [0.1, 0.15) is 19.3 Å². The Bertz CT molecular complexity index is 890. The Balaban J connectivity index is 1.24. The summed E-state index contributed by atoms with van der Waals surface area (Å²) in [5, 5.41) is 0. The first-order valence-corrected chi connectivity index (χ1v) is 11.2. The highest BCUT2D eigenvalue weighted by Gasteiger charge is 2.35. The molecule has 0 radical (unpaired) electrons. The predicted octanol–water partition coefficient (Wildman–Crippen LogP) is 3.76. The lowest BCUT2D eigenvalue weighted by atomic mass is 10.2. The lowest BCUT2D eigenvalue weighted by molar-refractivity contribution is -0.140. The summed E-state index contributed by atoms with van der Waals surface area (Å²) in [6.07, 6.45) is 2.55. The molecule has 2 aromatic carbocycles. The SMILES string of the molecule is O=C(CCN1c2ccccc2Sc2ccccc21)N1CCN(C(=O)C2CC2)CC1. The average molecular weight is 408 g/mol. The van der Waals surface area contributed by atoms with Gasteiger partial charge in [0.25, 0.3) is 0 Å². The third kappa shape index (κ3) is 3.73. The maximum absolute atomic E-state index is 12.9. The largest absolute Gasteiger partial charge is 0.339 e. The van der Waals surface area contributed by atoms with Crippen molar-refractivity contribution in [3.63, 3.8) is 0 Å². The number of para-hydroxylation sites is 2. The first-order valence-electron chi connectivity index (χ1n) is 10.4. The highest BCUT2D eigenvalue weighted by atomic mass is 32.2. The molecule has 0 atom stereocenters. The number of fused-ring (bicyclic) bond motifs is 2. The normalized spacial score (nSPS) is 18.3. The van der Waals surface area contributed by atoms with Gasteiger partial charge < -0.3 is 14.7 Å². The van der Waals surface area contributed by atoms with E-state index >= 15 is 0 Å². The molecule has 1 saturated heterocycles. The maximum atomic E-state index is 12.9.